The number of benzene rings is 1. The van der Waals surface area contributed by atoms with Crippen LogP contribution in [0.5, 0.6) is 0 Å². The summed E-state index contributed by atoms with van der Waals surface area (Å²) in [5, 5.41) is 5.18. The fourth-order valence-corrected chi connectivity index (χ4v) is 2.22. The van der Waals surface area contributed by atoms with Crippen LogP contribution in [0.2, 0.25) is 0 Å². The lowest BCUT2D eigenvalue weighted by Gasteiger charge is -2.02. The van der Waals surface area contributed by atoms with E-state index in [0.717, 1.165) is 16.7 Å². The molecule has 1 aromatic carbocycles. The van der Waals surface area contributed by atoms with Gasteiger partial charge in [0, 0.05) is 0 Å². The fraction of sp³-hybridized carbons (Fsp3) is 0. The van der Waals surface area contributed by atoms with Crippen LogP contribution < -0.4 is 0 Å². The first kappa shape index (κ1) is 10.4. The smallest absolute Gasteiger partial charge is 0.177 e. The van der Waals surface area contributed by atoms with Gasteiger partial charge < -0.3 is 9.97 Å². The third-order valence-electron chi connectivity index (χ3n) is 2.47. The lowest BCUT2D eigenvalue weighted by atomic mass is 10.3. The average molecular weight is 260 g/mol. The van der Waals surface area contributed by atoms with Crippen LogP contribution in [0.15, 0.2) is 36.5 Å². The topological polar surface area (TPSA) is 49.4 Å². The Balaban J connectivity index is 2.40. The number of aromatic nitrogens is 4. The predicted molar refractivity (Wildman–Crippen MR) is 71.4 cm³/mol. The molecule has 0 bridgehead atoms. The van der Waals surface area contributed by atoms with Gasteiger partial charge >= 0.3 is 0 Å². The largest absolute Gasteiger partial charge is 0.323 e. The molecule has 2 N–H and O–H groups in total. The first-order chi connectivity index (χ1) is 8.25. The van der Waals surface area contributed by atoms with Crippen LogP contribution in [0, 0.1) is 9.41 Å². The summed E-state index contributed by atoms with van der Waals surface area (Å²) in [6, 6.07) is 9.83. The summed E-state index contributed by atoms with van der Waals surface area (Å²) in [4.78, 5) is 5.97. The molecule has 3 aromatic rings. The van der Waals surface area contributed by atoms with Crippen LogP contribution in [0.3, 0.4) is 0 Å². The lowest BCUT2D eigenvalue weighted by Crippen LogP contribution is -1.97. The van der Waals surface area contributed by atoms with E-state index in [1.807, 2.05) is 30.3 Å². The molecule has 3 rings (SSSR count). The number of H-pyrrole nitrogens is 2. The van der Waals surface area contributed by atoms with Gasteiger partial charge in [0.2, 0.25) is 0 Å². The molecule has 0 aliphatic rings. The van der Waals surface area contributed by atoms with Crippen molar-refractivity contribution in [3.05, 3.63) is 45.9 Å². The summed E-state index contributed by atoms with van der Waals surface area (Å²) in [5.41, 5.74) is 1.78. The number of nitrogens with one attached hydrogen (secondary N) is 2. The van der Waals surface area contributed by atoms with E-state index in [1.54, 1.807) is 10.9 Å². The molecule has 0 saturated carbocycles. The van der Waals surface area contributed by atoms with Crippen LogP contribution in [-0.2, 0) is 0 Å². The molecule has 0 saturated heterocycles. The molecule has 0 atom stereocenters. The van der Waals surface area contributed by atoms with Crippen molar-refractivity contribution >= 4 is 35.5 Å². The minimum Gasteiger partial charge on any atom is -0.323 e. The average Bonchev–Trinajstić information content (AvgIpc) is 2.74. The molecule has 84 valence electrons. The van der Waals surface area contributed by atoms with Crippen molar-refractivity contribution in [1.82, 2.24) is 19.7 Å². The lowest BCUT2D eigenvalue weighted by molar-refractivity contribution is 0.893. The molecule has 0 spiro atoms. The van der Waals surface area contributed by atoms with E-state index in [1.165, 1.54) is 0 Å². The molecule has 0 amide bonds. The molecular weight excluding hydrogens is 252 g/mol. The SMILES string of the molecule is S=c1[nH]c(=S)c2cnn(-c3ccccc3)c2[nH]1. The summed E-state index contributed by atoms with van der Waals surface area (Å²) in [6.45, 7) is 0. The normalized spacial score (nSPS) is 10.8. The molecule has 0 unspecified atom stereocenters. The quantitative estimate of drug-likeness (QED) is 0.661. The minimum atomic E-state index is 0.500. The predicted octanol–water partition coefficient (Wildman–Crippen LogP) is 3.14. The summed E-state index contributed by atoms with van der Waals surface area (Å²) in [7, 11) is 0. The standard InChI is InChI=1S/C11H8N4S2/c16-10-8-6-12-15(7-4-2-1-3-5-7)9(8)13-11(17)14-10/h1-6H,(H2,13,14,16,17). The third-order valence-corrected chi connectivity index (χ3v) is 3.00. The highest BCUT2D eigenvalue weighted by Crippen LogP contribution is 2.15. The maximum atomic E-state index is 5.21. The zero-order valence-corrected chi connectivity index (χ0v) is 10.3. The summed E-state index contributed by atoms with van der Waals surface area (Å²) in [6.07, 6.45) is 1.73. The summed E-state index contributed by atoms with van der Waals surface area (Å²) in [5.74, 6) is 0. The zero-order chi connectivity index (χ0) is 11.8. The molecule has 17 heavy (non-hydrogen) atoms. The number of rotatable bonds is 1. The van der Waals surface area contributed by atoms with Gasteiger partial charge in [0.25, 0.3) is 0 Å². The van der Waals surface area contributed by atoms with Crippen molar-refractivity contribution < 1.29 is 0 Å². The number of fused-ring (bicyclic) bond motifs is 1. The van der Waals surface area contributed by atoms with Gasteiger partial charge in [-0.05, 0) is 24.4 Å². The number of hydrogen-bond acceptors (Lipinski definition) is 3. The Hall–Kier alpha value is -1.79. The number of nitrogens with zero attached hydrogens (tertiary/aromatic N) is 2. The number of hydrogen-bond donors (Lipinski definition) is 2. The van der Waals surface area contributed by atoms with E-state index in [4.69, 9.17) is 24.4 Å². The molecule has 0 aliphatic carbocycles. The van der Waals surface area contributed by atoms with Crippen molar-refractivity contribution in [3.8, 4) is 5.69 Å². The second kappa shape index (κ2) is 3.90. The maximum Gasteiger partial charge on any atom is 0.177 e. The Morgan fingerprint density at radius 2 is 1.82 bits per heavy atom. The molecule has 0 radical (unpaired) electrons. The molecule has 2 aromatic heterocycles. The van der Waals surface area contributed by atoms with Crippen LogP contribution >= 0.6 is 24.4 Å². The molecule has 2 heterocycles. The van der Waals surface area contributed by atoms with Gasteiger partial charge in [-0.2, -0.15) is 5.10 Å². The van der Waals surface area contributed by atoms with Gasteiger partial charge in [0.1, 0.15) is 10.3 Å². The first-order valence-electron chi connectivity index (χ1n) is 5.01. The number of para-hydroxylation sites is 1. The van der Waals surface area contributed by atoms with E-state index < -0.39 is 0 Å². The van der Waals surface area contributed by atoms with Gasteiger partial charge in [-0.25, -0.2) is 4.68 Å². The van der Waals surface area contributed by atoms with Crippen LogP contribution in [0.25, 0.3) is 16.7 Å². The summed E-state index contributed by atoms with van der Waals surface area (Å²) < 4.78 is 2.89. The van der Waals surface area contributed by atoms with E-state index in [9.17, 15) is 0 Å². The van der Waals surface area contributed by atoms with Gasteiger partial charge in [0.05, 0.1) is 17.3 Å². The maximum absolute atomic E-state index is 5.21. The van der Waals surface area contributed by atoms with Crippen molar-refractivity contribution in [2.75, 3.05) is 0 Å². The van der Waals surface area contributed by atoms with Crippen molar-refractivity contribution in [2.24, 2.45) is 0 Å². The Bertz CT molecular complexity index is 782. The van der Waals surface area contributed by atoms with Crippen molar-refractivity contribution in [2.45, 2.75) is 0 Å². The first-order valence-corrected chi connectivity index (χ1v) is 5.83. The van der Waals surface area contributed by atoms with E-state index in [-0.39, 0.29) is 0 Å². The van der Waals surface area contributed by atoms with Crippen LogP contribution in [-0.4, -0.2) is 19.7 Å². The monoisotopic (exact) mass is 260 g/mol. The zero-order valence-electron chi connectivity index (χ0n) is 8.68. The van der Waals surface area contributed by atoms with Gasteiger partial charge in [0.15, 0.2) is 4.77 Å². The van der Waals surface area contributed by atoms with Crippen LogP contribution in [0.4, 0.5) is 0 Å². The third kappa shape index (κ3) is 1.71. The van der Waals surface area contributed by atoms with Crippen molar-refractivity contribution in [3.63, 3.8) is 0 Å². The molecule has 0 aliphatic heterocycles. The second-order valence-electron chi connectivity index (χ2n) is 3.56. The Morgan fingerprint density at radius 1 is 1.06 bits per heavy atom. The molecule has 6 heteroatoms. The van der Waals surface area contributed by atoms with Gasteiger partial charge in [-0.1, -0.05) is 30.4 Å². The highest BCUT2D eigenvalue weighted by molar-refractivity contribution is 7.72. The highest BCUT2D eigenvalue weighted by Gasteiger charge is 2.06. The van der Waals surface area contributed by atoms with Crippen molar-refractivity contribution in [1.29, 1.82) is 0 Å². The Morgan fingerprint density at radius 3 is 2.59 bits per heavy atom. The Labute approximate surface area is 107 Å². The number of aromatic amines is 2. The van der Waals surface area contributed by atoms with Gasteiger partial charge in [-0.3, -0.25) is 0 Å². The van der Waals surface area contributed by atoms with Crippen LogP contribution in [0.1, 0.15) is 0 Å². The second-order valence-corrected chi connectivity index (χ2v) is 4.38. The minimum absolute atomic E-state index is 0.500. The molecular formula is C11H8N4S2. The highest BCUT2D eigenvalue weighted by atomic mass is 32.1. The fourth-order valence-electron chi connectivity index (χ4n) is 1.71. The Kier molecular flexibility index (Phi) is 2.38. The van der Waals surface area contributed by atoms with Gasteiger partial charge in [-0.15, -0.1) is 0 Å². The molecule has 4 nitrogen and oxygen atoms in total. The van der Waals surface area contributed by atoms with E-state index in [2.05, 4.69) is 15.1 Å². The molecule has 0 fully saturated rings. The van der Waals surface area contributed by atoms with E-state index in [0.29, 0.717) is 9.41 Å². The summed E-state index contributed by atoms with van der Waals surface area (Å²) >= 11 is 10.3. The van der Waals surface area contributed by atoms with E-state index >= 15 is 0 Å².